The molecule has 5 nitrogen and oxygen atoms in total. The van der Waals surface area contributed by atoms with Gasteiger partial charge in [-0.25, -0.2) is 4.79 Å². The SMILES string of the molecule is COCC(O)CCNC(=O)Nc1cccc(C)c1C. The second-order valence-corrected chi connectivity index (χ2v) is 4.53. The van der Waals surface area contributed by atoms with E-state index in [2.05, 4.69) is 10.6 Å². The Kier molecular flexibility index (Phi) is 6.32. The van der Waals surface area contributed by atoms with Gasteiger partial charge in [-0.3, -0.25) is 0 Å². The maximum atomic E-state index is 11.7. The number of carbonyl (C=O) groups excluding carboxylic acids is 1. The summed E-state index contributed by atoms with van der Waals surface area (Å²) in [7, 11) is 1.53. The lowest BCUT2D eigenvalue weighted by Crippen LogP contribution is -2.32. The van der Waals surface area contributed by atoms with E-state index in [-0.39, 0.29) is 12.6 Å². The number of nitrogens with one attached hydrogen (secondary N) is 2. The highest BCUT2D eigenvalue weighted by Crippen LogP contribution is 2.17. The van der Waals surface area contributed by atoms with Crippen molar-refractivity contribution in [1.82, 2.24) is 5.32 Å². The number of hydrogen-bond donors (Lipinski definition) is 3. The summed E-state index contributed by atoms with van der Waals surface area (Å²) in [5, 5.41) is 14.9. The number of anilines is 1. The van der Waals surface area contributed by atoms with E-state index in [1.54, 1.807) is 0 Å². The van der Waals surface area contributed by atoms with Crippen LogP contribution in [0.25, 0.3) is 0 Å². The van der Waals surface area contributed by atoms with E-state index in [4.69, 9.17) is 4.74 Å². The first kappa shape index (κ1) is 15.5. The molecule has 19 heavy (non-hydrogen) atoms. The standard InChI is InChI=1S/C14H22N2O3/c1-10-5-4-6-13(11(10)2)16-14(18)15-8-7-12(17)9-19-3/h4-6,12,17H,7-9H2,1-3H3,(H2,15,16,18). The average molecular weight is 266 g/mol. The van der Waals surface area contributed by atoms with Gasteiger partial charge in [0.15, 0.2) is 0 Å². The third kappa shape index (κ3) is 5.28. The molecule has 1 aromatic carbocycles. The van der Waals surface area contributed by atoms with Crippen LogP contribution in [0.2, 0.25) is 0 Å². The van der Waals surface area contributed by atoms with E-state index in [1.807, 2.05) is 32.0 Å². The monoisotopic (exact) mass is 266 g/mol. The Morgan fingerprint density at radius 3 is 2.84 bits per heavy atom. The van der Waals surface area contributed by atoms with Gasteiger partial charge in [0.1, 0.15) is 0 Å². The van der Waals surface area contributed by atoms with Crippen LogP contribution in [-0.4, -0.2) is 37.5 Å². The average Bonchev–Trinajstić information content (AvgIpc) is 2.35. The van der Waals surface area contributed by atoms with Gasteiger partial charge in [0.05, 0.1) is 12.7 Å². The van der Waals surface area contributed by atoms with Gasteiger partial charge >= 0.3 is 6.03 Å². The van der Waals surface area contributed by atoms with Gasteiger partial charge in [-0.05, 0) is 37.5 Å². The van der Waals surface area contributed by atoms with Gasteiger partial charge in [0.25, 0.3) is 0 Å². The highest BCUT2D eigenvalue weighted by atomic mass is 16.5. The highest BCUT2D eigenvalue weighted by molar-refractivity contribution is 5.90. The summed E-state index contributed by atoms with van der Waals surface area (Å²) in [6.07, 6.45) is -0.0837. The summed E-state index contributed by atoms with van der Waals surface area (Å²) in [6, 6.07) is 5.50. The molecule has 1 aromatic rings. The van der Waals surface area contributed by atoms with Crippen LogP contribution in [0.3, 0.4) is 0 Å². The smallest absolute Gasteiger partial charge is 0.319 e. The molecule has 106 valence electrons. The minimum Gasteiger partial charge on any atom is -0.391 e. The maximum Gasteiger partial charge on any atom is 0.319 e. The molecule has 0 spiro atoms. The summed E-state index contributed by atoms with van der Waals surface area (Å²) in [5.41, 5.74) is 2.99. The van der Waals surface area contributed by atoms with E-state index < -0.39 is 6.10 Å². The van der Waals surface area contributed by atoms with E-state index in [9.17, 15) is 9.90 Å². The zero-order valence-corrected chi connectivity index (χ0v) is 11.7. The van der Waals surface area contributed by atoms with Crippen molar-refractivity contribution in [2.24, 2.45) is 0 Å². The van der Waals surface area contributed by atoms with Crippen molar-refractivity contribution in [1.29, 1.82) is 0 Å². The third-order valence-corrected chi connectivity index (χ3v) is 2.98. The fourth-order valence-electron chi connectivity index (χ4n) is 1.68. The van der Waals surface area contributed by atoms with Crippen molar-refractivity contribution in [2.45, 2.75) is 26.4 Å². The van der Waals surface area contributed by atoms with Crippen LogP contribution >= 0.6 is 0 Å². The van der Waals surface area contributed by atoms with Crippen LogP contribution in [0.5, 0.6) is 0 Å². The largest absolute Gasteiger partial charge is 0.391 e. The minimum absolute atomic E-state index is 0.265. The second kappa shape index (κ2) is 7.76. The lowest BCUT2D eigenvalue weighted by molar-refractivity contribution is 0.0599. The Labute approximate surface area is 114 Å². The summed E-state index contributed by atoms with van der Waals surface area (Å²) in [4.78, 5) is 11.7. The number of hydrogen-bond acceptors (Lipinski definition) is 3. The number of aliphatic hydroxyl groups excluding tert-OH is 1. The Balaban J connectivity index is 2.37. The molecule has 0 aliphatic rings. The van der Waals surface area contributed by atoms with Crippen molar-refractivity contribution >= 4 is 11.7 Å². The first-order chi connectivity index (χ1) is 9.04. The lowest BCUT2D eigenvalue weighted by atomic mass is 10.1. The fourth-order valence-corrected chi connectivity index (χ4v) is 1.68. The predicted molar refractivity (Wildman–Crippen MR) is 75.4 cm³/mol. The molecule has 0 aliphatic carbocycles. The number of rotatable bonds is 6. The number of aliphatic hydroxyl groups is 1. The van der Waals surface area contributed by atoms with Crippen molar-refractivity contribution in [3.8, 4) is 0 Å². The van der Waals surface area contributed by atoms with Gasteiger partial charge in [-0.15, -0.1) is 0 Å². The van der Waals surface area contributed by atoms with Gasteiger partial charge in [0, 0.05) is 19.3 Å². The molecule has 0 radical (unpaired) electrons. The van der Waals surface area contributed by atoms with Crippen LogP contribution in [0.4, 0.5) is 10.5 Å². The summed E-state index contributed by atoms with van der Waals surface area (Å²) in [6.45, 7) is 4.65. The molecule has 0 saturated heterocycles. The van der Waals surface area contributed by atoms with Crippen LogP contribution < -0.4 is 10.6 Å². The van der Waals surface area contributed by atoms with Gasteiger partial charge in [0.2, 0.25) is 0 Å². The Morgan fingerprint density at radius 2 is 2.16 bits per heavy atom. The number of amides is 2. The number of benzene rings is 1. The molecular weight excluding hydrogens is 244 g/mol. The fraction of sp³-hybridized carbons (Fsp3) is 0.500. The molecular formula is C14H22N2O3. The molecule has 3 N–H and O–H groups in total. The van der Waals surface area contributed by atoms with E-state index in [0.717, 1.165) is 16.8 Å². The molecule has 1 atom stereocenters. The van der Waals surface area contributed by atoms with Crippen LogP contribution in [-0.2, 0) is 4.74 Å². The Morgan fingerprint density at radius 1 is 1.42 bits per heavy atom. The second-order valence-electron chi connectivity index (χ2n) is 4.53. The number of ether oxygens (including phenoxy) is 1. The minimum atomic E-state index is -0.550. The van der Waals surface area contributed by atoms with Crippen LogP contribution in [0.15, 0.2) is 18.2 Å². The number of carbonyl (C=O) groups is 1. The Hall–Kier alpha value is -1.59. The molecule has 0 bridgehead atoms. The van der Waals surface area contributed by atoms with Gasteiger partial charge in [-0.1, -0.05) is 12.1 Å². The lowest BCUT2D eigenvalue weighted by Gasteiger charge is -2.13. The quantitative estimate of drug-likeness (QED) is 0.735. The highest BCUT2D eigenvalue weighted by Gasteiger charge is 2.07. The van der Waals surface area contributed by atoms with E-state index in [0.29, 0.717) is 13.0 Å². The maximum absolute atomic E-state index is 11.7. The predicted octanol–water partition coefficient (Wildman–Crippen LogP) is 1.82. The Bertz CT molecular complexity index is 421. The van der Waals surface area contributed by atoms with Crippen molar-refractivity contribution < 1.29 is 14.6 Å². The molecule has 0 fully saturated rings. The zero-order valence-electron chi connectivity index (χ0n) is 11.7. The van der Waals surface area contributed by atoms with Gasteiger partial charge in [-0.2, -0.15) is 0 Å². The molecule has 1 rings (SSSR count). The van der Waals surface area contributed by atoms with E-state index >= 15 is 0 Å². The number of urea groups is 1. The first-order valence-electron chi connectivity index (χ1n) is 6.32. The number of aryl methyl sites for hydroxylation is 1. The molecule has 5 heteroatoms. The summed E-state index contributed by atoms with van der Waals surface area (Å²) < 4.78 is 4.81. The molecule has 0 heterocycles. The van der Waals surface area contributed by atoms with Crippen molar-refractivity contribution in [3.63, 3.8) is 0 Å². The summed E-state index contributed by atoms with van der Waals surface area (Å²) >= 11 is 0. The van der Waals surface area contributed by atoms with Crippen LogP contribution in [0, 0.1) is 13.8 Å². The van der Waals surface area contributed by atoms with Crippen molar-refractivity contribution in [2.75, 3.05) is 25.6 Å². The third-order valence-electron chi connectivity index (χ3n) is 2.98. The molecule has 1 unspecified atom stereocenters. The van der Waals surface area contributed by atoms with Crippen LogP contribution in [0.1, 0.15) is 17.5 Å². The van der Waals surface area contributed by atoms with E-state index in [1.165, 1.54) is 7.11 Å². The number of methoxy groups -OCH3 is 1. The summed E-state index contributed by atoms with van der Waals surface area (Å²) in [5.74, 6) is 0. The normalized spacial score (nSPS) is 12.0. The molecule has 0 aliphatic heterocycles. The van der Waals surface area contributed by atoms with Crippen molar-refractivity contribution in [3.05, 3.63) is 29.3 Å². The molecule has 0 saturated carbocycles. The van der Waals surface area contributed by atoms with Gasteiger partial charge < -0.3 is 20.5 Å². The topological polar surface area (TPSA) is 70.6 Å². The molecule has 0 aromatic heterocycles. The zero-order chi connectivity index (χ0) is 14.3. The molecule has 2 amide bonds. The first-order valence-corrected chi connectivity index (χ1v) is 6.32.